The average Bonchev–Trinajstić information content (AvgIpc) is 2.79. The predicted octanol–water partition coefficient (Wildman–Crippen LogP) is 1.33. The Morgan fingerprint density at radius 1 is 1.36 bits per heavy atom. The van der Waals surface area contributed by atoms with Crippen molar-refractivity contribution in [1.82, 2.24) is 0 Å². The Kier molecular flexibility index (Phi) is 2.14. The molecule has 1 aliphatic heterocycles. The maximum Gasteiger partial charge on any atom is 0.0869 e. The second-order valence-electron chi connectivity index (χ2n) is 3.70. The minimum Gasteiger partial charge on any atom is -0.396 e. The highest BCUT2D eigenvalue weighted by atomic mass is 16.6. The molecule has 2 aliphatic rings. The molecule has 0 aromatic rings. The second kappa shape index (κ2) is 3.11. The Morgan fingerprint density at radius 2 is 2.27 bits per heavy atom. The van der Waals surface area contributed by atoms with Crippen molar-refractivity contribution in [3.63, 3.8) is 0 Å². The van der Waals surface area contributed by atoms with Gasteiger partial charge in [0.05, 0.1) is 12.2 Å². The number of hydrogen-bond donors (Lipinski definition) is 1. The Balaban J connectivity index is 1.75. The van der Waals surface area contributed by atoms with Crippen LogP contribution in [-0.4, -0.2) is 23.9 Å². The lowest BCUT2D eigenvalue weighted by atomic mass is 9.86. The third-order valence-corrected chi connectivity index (χ3v) is 2.88. The van der Waals surface area contributed by atoms with Crippen LogP contribution in [-0.2, 0) is 4.74 Å². The summed E-state index contributed by atoms with van der Waals surface area (Å²) in [7, 11) is 0. The standard InChI is InChI=1S/C9H16O2/c10-6-2-4-7-3-1-5-8-9(7)11-8/h7-10H,1-6H2. The molecule has 0 bridgehead atoms. The van der Waals surface area contributed by atoms with Gasteiger partial charge < -0.3 is 9.84 Å². The van der Waals surface area contributed by atoms with Crippen LogP contribution in [0.1, 0.15) is 32.1 Å². The molecule has 1 heterocycles. The van der Waals surface area contributed by atoms with Gasteiger partial charge in [-0.15, -0.1) is 0 Å². The average molecular weight is 156 g/mol. The van der Waals surface area contributed by atoms with E-state index >= 15 is 0 Å². The van der Waals surface area contributed by atoms with Crippen LogP contribution in [0.4, 0.5) is 0 Å². The van der Waals surface area contributed by atoms with E-state index in [1.165, 1.54) is 19.3 Å². The molecule has 0 spiro atoms. The van der Waals surface area contributed by atoms with E-state index < -0.39 is 0 Å². The summed E-state index contributed by atoms with van der Waals surface area (Å²) in [5, 5.41) is 8.66. The smallest absolute Gasteiger partial charge is 0.0869 e. The fourth-order valence-corrected chi connectivity index (χ4v) is 2.21. The summed E-state index contributed by atoms with van der Waals surface area (Å²) in [6.45, 7) is 0.341. The van der Waals surface area contributed by atoms with Crippen molar-refractivity contribution >= 4 is 0 Å². The summed E-state index contributed by atoms with van der Waals surface area (Å²) in [6, 6.07) is 0. The molecule has 0 aromatic carbocycles. The van der Waals surface area contributed by atoms with Gasteiger partial charge in [0.25, 0.3) is 0 Å². The van der Waals surface area contributed by atoms with E-state index in [2.05, 4.69) is 0 Å². The molecular weight excluding hydrogens is 140 g/mol. The topological polar surface area (TPSA) is 32.8 Å². The van der Waals surface area contributed by atoms with Crippen molar-refractivity contribution < 1.29 is 9.84 Å². The molecule has 1 aliphatic carbocycles. The number of rotatable bonds is 3. The Labute approximate surface area is 67.6 Å². The highest BCUT2D eigenvalue weighted by molar-refractivity contribution is 4.94. The van der Waals surface area contributed by atoms with E-state index in [1.807, 2.05) is 0 Å². The molecular formula is C9H16O2. The van der Waals surface area contributed by atoms with Crippen LogP contribution in [0, 0.1) is 5.92 Å². The highest BCUT2D eigenvalue weighted by Gasteiger charge is 2.46. The lowest BCUT2D eigenvalue weighted by Crippen LogP contribution is -2.16. The first-order chi connectivity index (χ1) is 5.42. The molecule has 2 nitrogen and oxygen atoms in total. The normalized spacial score (nSPS) is 41.7. The molecule has 1 saturated carbocycles. The fraction of sp³-hybridized carbons (Fsp3) is 1.00. The number of aliphatic hydroxyl groups is 1. The summed E-state index contributed by atoms with van der Waals surface area (Å²) in [5.74, 6) is 0.765. The summed E-state index contributed by atoms with van der Waals surface area (Å²) < 4.78 is 5.51. The zero-order chi connectivity index (χ0) is 7.68. The molecule has 64 valence electrons. The van der Waals surface area contributed by atoms with Gasteiger partial charge in [-0.2, -0.15) is 0 Å². The predicted molar refractivity (Wildman–Crippen MR) is 42.3 cm³/mol. The third-order valence-electron chi connectivity index (χ3n) is 2.88. The Morgan fingerprint density at radius 3 is 3.09 bits per heavy atom. The van der Waals surface area contributed by atoms with Crippen LogP contribution in [0.5, 0.6) is 0 Å². The number of ether oxygens (including phenoxy) is 1. The molecule has 1 N–H and O–H groups in total. The van der Waals surface area contributed by atoms with E-state index in [1.54, 1.807) is 0 Å². The van der Waals surface area contributed by atoms with Gasteiger partial charge in [0.2, 0.25) is 0 Å². The van der Waals surface area contributed by atoms with Crippen molar-refractivity contribution in [1.29, 1.82) is 0 Å². The third kappa shape index (κ3) is 1.57. The minimum atomic E-state index is 0.341. The first-order valence-electron chi connectivity index (χ1n) is 4.68. The molecule has 0 amide bonds. The van der Waals surface area contributed by atoms with Crippen molar-refractivity contribution in [2.75, 3.05) is 6.61 Å². The quantitative estimate of drug-likeness (QED) is 0.625. The van der Waals surface area contributed by atoms with E-state index in [0.29, 0.717) is 18.8 Å². The summed E-state index contributed by atoms with van der Waals surface area (Å²) in [4.78, 5) is 0. The molecule has 11 heavy (non-hydrogen) atoms. The summed E-state index contributed by atoms with van der Waals surface area (Å²) in [6.07, 6.45) is 7.23. The van der Waals surface area contributed by atoms with Crippen molar-refractivity contribution in [2.45, 2.75) is 44.3 Å². The zero-order valence-corrected chi connectivity index (χ0v) is 6.83. The Bertz CT molecular complexity index is 136. The number of fused-ring (bicyclic) bond motifs is 1. The molecule has 0 aromatic heterocycles. The first kappa shape index (κ1) is 7.56. The van der Waals surface area contributed by atoms with Crippen LogP contribution in [0.3, 0.4) is 0 Å². The number of hydrogen-bond acceptors (Lipinski definition) is 2. The molecule has 2 fully saturated rings. The van der Waals surface area contributed by atoms with E-state index in [0.717, 1.165) is 18.8 Å². The van der Waals surface area contributed by atoms with Crippen LogP contribution in [0.2, 0.25) is 0 Å². The van der Waals surface area contributed by atoms with Crippen molar-refractivity contribution in [3.05, 3.63) is 0 Å². The fourth-order valence-electron chi connectivity index (χ4n) is 2.21. The lowest BCUT2D eigenvalue weighted by molar-refractivity contribution is 0.248. The maximum atomic E-state index is 8.66. The molecule has 2 rings (SSSR count). The Hall–Kier alpha value is -0.0800. The van der Waals surface area contributed by atoms with E-state index in [4.69, 9.17) is 9.84 Å². The van der Waals surface area contributed by atoms with Gasteiger partial charge in [-0.05, 0) is 31.6 Å². The maximum absolute atomic E-state index is 8.66. The van der Waals surface area contributed by atoms with Crippen LogP contribution >= 0.6 is 0 Å². The van der Waals surface area contributed by atoms with Crippen molar-refractivity contribution in [2.24, 2.45) is 5.92 Å². The summed E-state index contributed by atoms with van der Waals surface area (Å²) >= 11 is 0. The molecule has 0 radical (unpaired) electrons. The van der Waals surface area contributed by atoms with E-state index in [-0.39, 0.29) is 0 Å². The van der Waals surface area contributed by atoms with Gasteiger partial charge in [-0.25, -0.2) is 0 Å². The molecule has 3 atom stereocenters. The second-order valence-corrected chi connectivity index (χ2v) is 3.70. The molecule has 1 saturated heterocycles. The number of epoxide rings is 1. The van der Waals surface area contributed by atoms with Crippen LogP contribution in [0.25, 0.3) is 0 Å². The zero-order valence-electron chi connectivity index (χ0n) is 6.83. The SMILES string of the molecule is OCCCC1CCCC2OC12. The molecule has 2 heteroatoms. The minimum absolute atomic E-state index is 0.341. The van der Waals surface area contributed by atoms with Gasteiger partial charge in [-0.3, -0.25) is 0 Å². The van der Waals surface area contributed by atoms with E-state index in [9.17, 15) is 0 Å². The van der Waals surface area contributed by atoms with Gasteiger partial charge in [-0.1, -0.05) is 6.42 Å². The number of aliphatic hydroxyl groups excluding tert-OH is 1. The van der Waals surface area contributed by atoms with Gasteiger partial charge in [0, 0.05) is 6.61 Å². The van der Waals surface area contributed by atoms with Crippen molar-refractivity contribution in [3.8, 4) is 0 Å². The van der Waals surface area contributed by atoms with Gasteiger partial charge >= 0.3 is 0 Å². The van der Waals surface area contributed by atoms with Gasteiger partial charge in [0.15, 0.2) is 0 Å². The van der Waals surface area contributed by atoms with Crippen LogP contribution < -0.4 is 0 Å². The first-order valence-corrected chi connectivity index (χ1v) is 4.68. The van der Waals surface area contributed by atoms with Crippen LogP contribution in [0.15, 0.2) is 0 Å². The highest BCUT2D eigenvalue weighted by Crippen LogP contribution is 2.42. The summed E-state index contributed by atoms with van der Waals surface area (Å²) in [5.41, 5.74) is 0. The molecule has 3 unspecified atom stereocenters. The largest absolute Gasteiger partial charge is 0.396 e. The van der Waals surface area contributed by atoms with Gasteiger partial charge in [0.1, 0.15) is 0 Å². The lowest BCUT2D eigenvalue weighted by Gasteiger charge is -2.16. The monoisotopic (exact) mass is 156 g/mol.